The van der Waals surface area contributed by atoms with E-state index >= 15 is 0 Å². The minimum absolute atomic E-state index is 0.0165. The molecule has 4 nitrogen and oxygen atoms in total. The first-order chi connectivity index (χ1) is 8.00. The number of carbonyl (C=O) groups is 2. The molecular formula is C12H13ClO4. The monoisotopic (exact) mass is 256 g/mol. The molecule has 0 saturated heterocycles. The molecule has 2 rings (SSSR count). The van der Waals surface area contributed by atoms with Gasteiger partial charge in [-0.05, 0) is 18.3 Å². The molecule has 1 saturated carbocycles. The van der Waals surface area contributed by atoms with E-state index in [0.717, 1.165) is 6.42 Å². The lowest BCUT2D eigenvalue weighted by atomic mass is 9.83. The molecule has 0 radical (unpaired) electrons. The summed E-state index contributed by atoms with van der Waals surface area (Å²) in [4.78, 5) is 23.0. The highest BCUT2D eigenvalue weighted by molar-refractivity contribution is 6.29. The second kappa shape index (κ2) is 4.53. The van der Waals surface area contributed by atoms with Gasteiger partial charge in [0.25, 0.3) is 0 Å². The number of carboxylic acids is 1. The average Bonchev–Trinajstić information content (AvgIpc) is 2.84. The van der Waals surface area contributed by atoms with Gasteiger partial charge in [-0.3, -0.25) is 9.59 Å². The number of hydrogen-bond donors (Lipinski definition) is 1. The molecule has 0 aromatic carbocycles. The van der Waals surface area contributed by atoms with Gasteiger partial charge in [0.2, 0.25) is 0 Å². The molecule has 0 unspecified atom stereocenters. The number of hydrogen-bond acceptors (Lipinski definition) is 3. The number of carbonyl (C=O) groups excluding carboxylic acids is 1. The van der Waals surface area contributed by atoms with Crippen molar-refractivity contribution in [2.45, 2.75) is 6.42 Å². The predicted octanol–water partition coefficient (Wildman–Crippen LogP) is 1.80. The number of ether oxygens (including phenoxy) is 1. The van der Waals surface area contributed by atoms with E-state index in [9.17, 15) is 9.59 Å². The van der Waals surface area contributed by atoms with Crippen molar-refractivity contribution in [3.05, 3.63) is 23.8 Å². The van der Waals surface area contributed by atoms with E-state index in [1.54, 1.807) is 0 Å². The van der Waals surface area contributed by atoms with Gasteiger partial charge in [0.1, 0.15) is 6.61 Å². The van der Waals surface area contributed by atoms with Crippen LogP contribution in [0.4, 0.5) is 0 Å². The highest BCUT2D eigenvalue weighted by Crippen LogP contribution is 2.48. The van der Waals surface area contributed by atoms with Crippen LogP contribution < -0.4 is 0 Å². The van der Waals surface area contributed by atoms with Crippen LogP contribution in [-0.2, 0) is 14.3 Å². The molecule has 0 aliphatic heterocycles. The predicted molar refractivity (Wildman–Crippen MR) is 61.3 cm³/mol. The van der Waals surface area contributed by atoms with Crippen LogP contribution >= 0.6 is 11.6 Å². The van der Waals surface area contributed by atoms with Crippen molar-refractivity contribution in [2.75, 3.05) is 6.61 Å². The SMILES string of the molecule is C=C(Cl)COC(=O)[C@H]1[C@H](C(=O)O)[C@H]2C=C[C@@H]1C2. The average molecular weight is 257 g/mol. The maximum absolute atomic E-state index is 11.8. The first-order valence-electron chi connectivity index (χ1n) is 5.41. The molecule has 4 atom stereocenters. The molecule has 2 bridgehead atoms. The number of fused-ring (bicyclic) bond motifs is 2. The number of rotatable bonds is 4. The number of aliphatic carboxylic acids is 1. The number of carboxylic acid groups (broad SMARTS) is 1. The molecule has 0 heterocycles. The summed E-state index contributed by atoms with van der Waals surface area (Å²) < 4.78 is 4.95. The lowest BCUT2D eigenvalue weighted by Crippen LogP contribution is -2.34. The van der Waals surface area contributed by atoms with Gasteiger partial charge < -0.3 is 9.84 Å². The first kappa shape index (κ1) is 12.2. The normalized spacial score (nSPS) is 33.7. The smallest absolute Gasteiger partial charge is 0.310 e. The minimum Gasteiger partial charge on any atom is -0.481 e. The zero-order valence-electron chi connectivity index (χ0n) is 9.14. The third kappa shape index (κ3) is 2.22. The van der Waals surface area contributed by atoms with Gasteiger partial charge in [-0.1, -0.05) is 30.3 Å². The van der Waals surface area contributed by atoms with Crippen LogP contribution in [0.1, 0.15) is 6.42 Å². The molecule has 17 heavy (non-hydrogen) atoms. The van der Waals surface area contributed by atoms with Crippen LogP contribution in [0, 0.1) is 23.7 Å². The second-order valence-corrected chi connectivity index (χ2v) is 5.00. The third-order valence-corrected chi connectivity index (χ3v) is 3.50. The van der Waals surface area contributed by atoms with Crippen molar-refractivity contribution >= 4 is 23.5 Å². The molecule has 92 valence electrons. The maximum atomic E-state index is 11.8. The van der Waals surface area contributed by atoms with Crippen molar-refractivity contribution in [2.24, 2.45) is 23.7 Å². The number of allylic oxidation sites excluding steroid dienone is 2. The van der Waals surface area contributed by atoms with E-state index in [2.05, 4.69) is 6.58 Å². The quantitative estimate of drug-likeness (QED) is 0.615. The molecule has 2 aliphatic rings. The van der Waals surface area contributed by atoms with E-state index in [4.69, 9.17) is 21.4 Å². The topological polar surface area (TPSA) is 63.6 Å². The van der Waals surface area contributed by atoms with Gasteiger partial charge in [0.15, 0.2) is 0 Å². The zero-order valence-corrected chi connectivity index (χ0v) is 9.89. The van der Waals surface area contributed by atoms with Crippen LogP contribution in [-0.4, -0.2) is 23.7 Å². The van der Waals surface area contributed by atoms with E-state index in [1.807, 2.05) is 12.2 Å². The standard InChI is InChI=1S/C12H13ClO4/c1-6(13)5-17-12(16)10-8-3-2-7(4-8)9(10)11(14)15/h2-3,7-10H,1,4-5H2,(H,14,15)/t7-,8+,9+,10+/m0/s1. The fourth-order valence-corrected chi connectivity index (χ4v) is 2.78. The van der Waals surface area contributed by atoms with Crippen LogP contribution in [0.2, 0.25) is 0 Å². The Bertz CT molecular complexity index is 401. The Morgan fingerprint density at radius 3 is 2.47 bits per heavy atom. The summed E-state index contributed by atoms with van der Waals surface area (Å²) in [6.07, 6.45) is 4.51. The second-order valence-electron chi connectivity index (χ2n) is 4.46. The Hall–Kier alpha value is -1.29. The molecule has 0 amide bonds. The van der Waals surface area contributed by atoms with Gasteiger partial charge in [-0.2, -0.15) is 0 Å². The molecule has 0 aromatic heterocycles. The highest BCUT2D eigenvalue weighted by Gasteiger charge is 2.52. The molecule has 1 N–H and O–H groups in total. The molecule has 0 aromatic rings. The lowest BCUT2D eigenvalue weighted by molar-refractivity contribution is -0.157. The summed E-state index contributed by atoms with van der Waals surface area (Å²) in [6.45, 7) is 3.35. The van der Waals surface area contributed by atoms with Gasteiger partial charge in [-0.25, -0.2) is 0 Å². The Balaban J connectivity index is 2.08. The summed E-state index contributed by atoms with van der Waals surface area (Å²) in [5.41, 5.74) is 0. The minimum atomic E-state index is -0.937. The van der Waals surface area contributed by atoms with Crippen LogP contribution in [0.25, 0.3) is 0 Å². The van der Waals surface area contributed by atoms with Crippen molar-refractivity contribution in [1.29, 1.82) is 0 Å². The van der Waals surface area contributed by atoms with Gasteiger partial charge >= 0.3 is 11.9 Å². The van der Waals surface area contributed by atoms with Crippen LogP contribution in [0.3, 0.4) is 0 Å². The van der Waals surface area contributed by atoms with Gasteiger partial charge in [-0.15, -0.1) is 0 Å². The molecule has 5 heteroatoms. The van der Waals surface area contributed by atoms with E-state index < -0.39 is 23.8 Å². The molecule has 2 aliphatic carbocycles. The maximum Gasteiger partial charge on any atom is 0.310 e. The Morgan fingerprint density at radius 2 is 1.94 bits per heavy atom. The van der Waals surface area contributed by atoms with Crippen molar-refractivity contribution in [3.8, 4) is 0 Å². The molecular weight excluding hydrogens is 244 g/mol. The first-order valence-corrected chi connectivity index (χ1v) is 5.79. The van der Waals surface area contributed by atoms with Crippen molar-refractivity contribution in [3.63, 3.8) is 0 Å². The van der Waals surface area contributed by atoms with E-state index in [0.29, 0.717) is 0 Å². The van der Waals surface area contributed by atoms with Gasteiger partial charge in [0, 0.05) is 5.03 Å². The fraction of sp³-hybridized carbons (Fsp3) is 0.500. The Morgan fingerprint density at radius 1 is 1.35 bits per heavy atom. The van der Waals surface area contributed by atoms with E-state index in [-0.39, 0.29) is 23.5 Å². The van der Waals surface area contributed by atoms with Crippen LogP contribution in [0.15, 0.2) is 23.8 Å². The summed E-state index contributed by atoms with van der Waals surface area (Å²) in [5.74, 6) is -2.74. The van der Waals surface area contributed by atoms with E-state index in [1.165, 1.54) is 0 Å². The molecule has 1 fully saturated rings. The summed E-state index contributed by atoms with van der Waals surface area (Å²) >= 11 is 5.50. The Kier molecular flexibility index (Phi) is 3.24. The zero-order chi connectivity index (χ0) is 12.6. The summed E-state index contributed by atoms with van der Waals surface area (Å²) in [7, 11) is 0. The Labute approximate surface area is 104 Å². The fourth-order valence-electron chi connectivity index (χ4n) is 2.73. The number of halogens is 1. The van der Waals surface area contributed by atoms with Crippen molar-refractivity contribution in [1.82, 2.24) is 0 Å². The highest BCUT2D eigenvalue weighted by atomic mass is 35.5. The van der Waals surface area contributed by atoms with Gasteiger partial charge in [0.05, 0.1) is 11.8 Å². The van der Waals surface area contributed by atoms with Crippen molar-refractivity contribution < 1.29 is 19.4 Å². The summed E-state index contributed by atoms with van der Waals surface area (Å²) in [5, 5.41) is 9.37. The van der Waals surface area contributed by atoms with Crippen LogP contribution in [0.5, 0.6) is 0 Å². The molecule has 0 spiro atoms. The number of esters is 1. The lowest BCUT2D eigenvalue weighted by Gasteiger charge is -2.22. The third-order valence-electron chi connectivity index (χ3n) is 3.39. The summed E-state index contributed by atoms with van der Waals surface area (Å²) in [6, 6.07) is 0. The largest absolute Gasteiger partial charge is 0.481 e.